The topological polar surface area (TPSA) is 131 Å². The number of anilines is 2. The van der Waals surface area contributed by atoms with E-state index in [2.05, 4.69) is 5.18 Å². The number of hydrogen-bond acceptors (Lipinski definition) is 7. The summed E-state index contributed by atoms with van der Waals surface area (Å²) in [6, 6.07) is 42.6. The number of aromatic hydroxyl groups is 3. The maximum Gasteiger partial charge on any atom is 0.246 e. The predicted molar refractivity (Wildman–Crippen MR) is 212 cm³/mol. The Bertz CT molecular complexity index is 2330. The monoisotopic (exact) mass is 729 g/mol. The number of fused-ring (bicyclic) bond motifs is 2. The lowest BCUT2D eigenvalue weighted by Crippen LogP contribution is -2.42. The molecule has 2 amide bonds. The standard InChI is InChI=1S/C46H39N3O6/c50-36-23-15-32(16-24-36)45(31-13-21-35(47-55)22-14-31)39-9-3-5-11-41(39)48(43(45)53)29-7-1-2-8-30-49-42-12-6-4-10-40(42)46(44(49)54,33-17-25-37(51)26-18-33)34-19-27-38(52)28-20-34/h3-6,9-28,50-52H,1-2,7-8,29-30H2. The summed E-state index contributed by atoms with van der Waals surface area (Å²) in [5.74, 6) is 0.116. The largest absolute Gasteiger partial charge is 0.508 e. The number of rotatable bonds is 12. The van der Waals surface area contributed by atoms with Crippen molar-refractivity contribution in [2.24, 2.45) is 5.18 Å². The zero-order valence-corrected chi connectivity index (χ0v) is 30.0. The van der Waals surface area contributed by atoms with E-state index in [4.69, 9.17) is 0 Å². The molecule has 2 heterocycles. The Morgan fingerprint density at radius 2 is 0.764 bits per heavy atom. The third kappa shape index (κ3) is 5.71. The Morgan fingerprint density at radius 1 is 0.436 bits per heavy atom. The normalized spacial score (nSPS) is 16.9. The molecule has 3 N–H and O–H groups in total. The Balaban J connectivity index is 1.01. The highest BCUT2D eigenvalue weighted by Gasteiger charge is 2.54. The minimum atomic E-state index is -1.18. The van der Waals surface area contributed by atoms with Crippen molar-refractivity contribution in [1.29, 1.82) is 0 Å². The van der Waals surface area contributed by atoms with Crippen LogP contribution in [0, 0.1) is 4.91 Å². The fraction of sp³-hybridized carbons (Fsp3) is 0.174. The lowest BCUT2D eigenvalue weighted by Gasteiger charge is -2.30. The smallest absolute Gasteiger partial charge is 0.246 e. The summed E-state index contributed by atoms with van der Waals surface area (Å²) >= 11 is 0. The molecule has 2 aliphatic heterocycles. The number of carbonyl (C=O) groups excluding carboxylic acids is 2. The molecule has 0 spiro atoms. The summed E-state index contributed by atoms with van der Waals surface area (Å²) in [5.41, 5.74) is 4.12. The Kier molecular flexibility index (Phi) is 9.14. The van der Waals surface area contributed by atoms with Gasteiger partial charge < -0.3 is 25.1 Å². The Hall–Kier alpha value is -6.74. The van der Waals surface area contributed by atoms with Gasteiger partial charge in [-0.2, -0.15) is 0 Å². The second-order valence-electron chi connectivity index (χ2n) is 14.1. The number of carbonyl (C=O) groups is 2. The minimum Gasteiger partial charge on any atom is -0.508 e. The molecule has 1 unspecified atom stereocenters. The molecular weight excluding hydrogens is 691 g/mol. The molecule has 6 aromatic rings. The van der Waals surface area contributed by atoms with E-state index in [1.807, 2.05) is 58.3 Å². The zero-order chi connectivity index (χ0) is 38.2. The molecule has 9 nitrogen and oxygen atoms in total. The highest BCUT2D eigenvalue weighted by molar-refractivity contribution is 6.14. The average molecular weight is 730 g/mol. The van der Waals surface area contributed by atoms with E-state index >= 15 is 0 Å². The van der Waals surface area contributed by atoms with Gasteiger partial charge in [0, 0.05) is 35.6 Å². The minimum absolute atomic E-state index is 0.0909. The van der Waals surface area contributed by atoms with Gasteiger partial charge in [0.1, 0.15) is 33.8 Å². The molecule has 0 saturated heterocycles. The molecule has 0 aromatic heterocycles. The maximum absolute atomic E-state index is 14.8. The maximum atomic E-state index is 14.8. The Morgan fingerprint density at radius 3 is 1.11 bits per heavy atom. The van der Waals surface area contributed by atoms with Crippen molar-refractivity contribution >= 4 is 28.9 Å². The molecule has 0 aliphatic carbocycles. The average Bonchev–Trinajstić information content (AvgIpc) is 3.62. The fourth-order valence-corrected chi connectivity index (χ4v) is 8.60. The molecule has 8 rings (SSSR count). The van der Waals surface area contributed by atoms with Crippen LogP contribution in [0.25, 0.3) is 0 Å². The first-order valence-electron chi connectivity index (χ1n) is 18.5. The second-order valence-corrected chi connectivity index (χ2v) is 14.1. The van der Waals surface area contributed by atoms with Gasteiger partial charge in [0.15, 0.2) is 0 Å². The first-order valence-corrected chi connectivity index (χ1v) is 18.5. The first kappa shape index (κ1) is 35.3. The van der Waals surface area contributed by atoms with Gasteiger partial charge in [-0.1, -0.05) is 97.8 Å². The lowest BCUT2D eigenvalue weighted by atomic mass is 9.70. The van der Waals surface area contributed by atoms with Gasteiger partial charge in [0.2, 0.25) is 11.8 Å². The molecule has 1 atom stereocenters. The summed E-state index contributed by atoms with van der Waals surface area (Å²) in [5, 5.41) is 33.4. The molecule has 0 bridgehead atoms. The molecule has 0 fully saturated rings. The van der Waals surface area contributed by atoms with E-state index < -0.39 is 10.8 Å². The number of unbranched alkanes of at least 4 members (excludes halogenated alkanes) is 3. The molecule has 55 heavy (non-hydrogen) atoms. The van der Waals surface area contributed by atoms with E-state index in [1.165, 1.54) is 0 Å². The van der Waals surface area contributed by atoms with Crippen LogP contribution in [-0.2, 0) is 20.4 Å². The van der Waals surface area contributed by atoms with Gasteiger partial charge in [0.05, 0.1) is 0 Å². The summed E-state index contributed by atoms with van der Waals surface area (Å²) < 4.78 is 0. The van der Waals surface area contributed by atoms with Crippen molar-refractivity contribution in [2.75, 3.05) is 22.9 Å². The third-order valence-corrected chi connectivity index (χ3v) is 11.1. The van der Waals surface area contributed by atoms with Crippen LogP contribution in [0.2, 0.25) is 0 Å². The highest BCUT2D eigenvalue weighted by atomic mass is 16.3. The number of nitrogens with zero attached hydrogens (tertiary/aromatic N) is 3. The van der Waals surface area contributed by atoms with Gasteiger partial charge in [0.25, 0.3) is 0 Å². The van der Waals surface area contributed by atoms with Crippen molar-refractivity contribution < 1.29 is 24.9 Å². The van der Waals surface area contributed by atoms with Crippen molar-refractivity contribution in [2.45, 2.75) is 36.5 Å². The number of phenolic OH excluding ortho intramolecular Hbond substituents is 3. The number of phenols is 3. The van der Waals surface area contributed by atoms with Crippen LogP contribution in [0.5, 0.6) is 17.2 Å². The third-order valence-electron chi connectivity index (χ3n) is 11.1. The quantitative estimate of drug-likeness (QED) is 0.0853. The van der Waals surface area contributed by atoms with Crippen LogP contribution in [0.15, 0.2) is 151 Å². The summed E-state index contributed by atoms with van der Waals surface area (Å²) in [7, 11) is 0. The van der Waals surface area contributed by atoms with E-state index in [-0.39, 0.29) is 34.8 Å². The van der Waals surface area contributed by atoms with Crippen LogP contribution in [0.4, 0.5) is 17.1 Å². The van der Waals surface area contributed by atoms with Crippen molar-refractivity contribution in [3.8, 4) is 17.2 Å². The molecule has 2 aliphatic rings. The second kappa shape index (κ2) is 14.2. The van der Waals surface area contributed by atoms with E-state index in [1.54, 1.807) is 97.1 Å². The van der Waals surface area contributed by atoms with Crippen molar-refractivity contribution in [1.82, 2.24) is 0 Å². The number of amides is 2. The Labute approximate surface area is 318 Å². The summed E-state index contributed by atoms with van der Waals surface area (Å²) in [4.78, 5) is 44.5. The molecule has 0 saturated carbocycles. The summed E-state index contributed by atoms with van der Waals surface area (Å²) in [6.45, 7) is 0.981. The van der Waals surface area contributed by atoms with Crippen LogP contribution < -0.4 is 9.80 Å². The van der Waals surface area contributed by atoms with E-state index in [0.717, 1.165) is 59.3 Å². The predicted octanol–water partition coefficient (Wildman–Crippen LogP) is 8.82. The van der Waals surface area contributed by atoms with E-state index in [9.17, 15) is 29.8 Å². The van der Waals surface area contributed by atoms with Crippen LogP contribution in [0.3, 0.4) is 0 Å². The van der Waals surface area contributed by atoms with Crippen LogP contribution in [-0.4, -0.2) is 40.2 Å². The van der Waals surface area contributed by atoms with Gasteiger partial charge in [-0.05, 0) is 101 Å². The molecule has 9 heteroatoms. The number of nitroso groups, excluding NO2 is 1. The van der Waals surface area contributed by atoms with Gasteiger partial charge in [-0.3, -0.25) is 9.59 Å². The summed E-state index contributed by atoms with van der Waals surface area (Å²) in [6.07, 6.45) is 3.11. The van der Waals surface area contributed by atoms with Gasteiger partial charge >= 0.3 is 0 Å². The molecule has 6 aromatic carbocycles. The van der Waals surface area contributed by atoms with Crippen LogP contribution in [0.1, 0.15) is 59.1 Å². The van der Waals surface area contributed by atoms with Crippen molar-refractivity contribution in [3.63, 3.8) is 0 Å². The highest BCUT2D eigenvalue weighted by Crippen LogP contribution is 2.52. The zero-order valence-electron chi connectivity index (χ0n) is 30.0. The SMILES string of the molecule is O=Nc1ccc(C2(c3ccc(O)cc3)C(=O)N(CCCCCCN3C(=O)C(c4ccc(O)cc4)(c4ccc(O)cc4)c4ccccc43)c3ccccc32)cc1. The van der Waals surface area contributed by atoms with Gasteiger partial charge in [-0.15, -0.1) is 4.91 Å². The fourth-order valence-electron chi connectivity index (χ4n) is 8.60. The van der Waals surface area contributed by atoms with Crippen LogP contribution >= 0.6 is 0 Å². The first-order chi connectivity index (χ1) is 26.8. The van der Waals surface area contributed by atoms with E-state index in [0.29, 0.717) is 24.2 Å². The van der Waals surface area contributed by atoms with Crippen molar-refractivity contribution in [3.05, 3.63) is 184 Å². The number of benzene rings is 6. The van der Waals surface area contributed by atoms with Gasteiger partial charge in [-0.25, -0.2) is 0 Å². The lowest BCUT2D eigenvalue weighted by molar-refractivity contribution is -0.121. The number of hydrogen-bond donors (Lipinski definition) is 3. The number of para-hydroxylation sites is 2. The molecular formula is C46H39N3O6. The molecule has 0 radical (unpaired) electrons. The molecule has 274 valence electrons.